The molecule has 80 valence electrons. The Hall–Kier alpha value is -0.900. The van der Waals surface area contributed by atoms with E-state index in [9.17, 15) is 4.79 Å². The summed E-state index contributed by atoms with van der Waals surface area (Å²) in [6.07, 6.45) is 6.22. The van der Waals surface area contributed by atoms with Crippen molar-refractivity contribution in [1.29, 1.82) is 0 Å². The van der Waals surface area contributed by atoms with E-state index in [4.69, 9.17) is 0 Å². The van der Waals surface area contributed by atoms with Crippen molar-refractivity contribution >= 4 is 18.7 Å². The van der Waals surface area contributed by atoms with Crippen molar-refractivity contribution in [2.75, 3.05) is 13.2 Å². The van der Waals surface area contributed by atoms with Gasteiger partial charge in [0, 0.05) is 6.54 Å². The summed E-state index contributed by atoms with van der Waals surface area (Å²) < 4.78 is 4.68. The molecule has 1 N–H and O–H groups in total. The Labute approximate surface area is 90.6 Å². The summed E-state index contributed by atoms with van der Waals surface area (Å²) in [5.74, 6) is 0. The van der Waals surface area contributed by atoms with Crippen LogP contribution in [0.15, 0.2) is 23.1 Å². The average Bonchev–Trinajstić information content (AvgIpc) is 2.13. The molecule has 0 bridgehead atoms. The lowest BCUT2D eigenvalue weighted by atomic mass is 10.4. The second-order valence-electron chi connectivity index (χ2n) is 2.54. The van der Waals surface area contributed by atoms with Crippen LogP contribution in [-0.4, -0.2) is 19.2 Å². The second kappa shape index (κ2) is 8.69. The smallest absolute Gasteiger partial charge is 0.407 e. The van der Waals surface area contributed by atoms with Crippen LogP contribution in [0.3, 0.4) is 0 Å². The van der Waals surface area contributed by atoms with E-state index in [1.165, 1.54) is 0 Å². The molecular weight excluding hydrogens is 198 g/mol. The molecule has 0 aromatic carbocycles. The van der Waals surface area contributed by atoms with Gasteiger partial charge in [-0.3, -0.25) is 0 Å². The predicted molar refractivity (Wildman–Crippen MR) is 61.5 cm³/mol. The molecule has 0 aromatic heterocycles. The van der Waals surface area contributed by atoms with Crippen LogP contribution >= 0.6 is 12.6 Å². The molecule has 14 heavy (non-hydrogen) atoms. The third-order valence-corrected chi connectivity index (χ3v) is 1.67. The Kier molecular flexibility index (Phi) is 8.13. The Morgan fingerprint density at radius 1 is 1.50 bits per heavy atom. The van der Waals surface area contributed by atoms with Crippen LogP contribution in [0.5, 0.6) is 0 Å². The number of hydrogen-bond acceptors (Lipinski definition) is 3. The van der Waals surface area contributed by atoms with Crippen LogP contribution in [-0.2, 0) is 4.74 Å². The van der Waals surface area contributed by atoms with Crippen LogP contribution in [0.25, 0.3) is 0 Å². The van der Waals surface area contributed by atoms with E-state index in [-0.39, 0.29) is 0 Å². The van der Waals surface area contributed by atoms with Gasteiger partial charge in [-0.25, -0.2) is 4.79 Å². The zero-order valence-corrected chi connectivity index (χ0v) is 9.51. The zero-order chi connectivity index (χ0) is 10.8. The highest BCUT2D eigenvalue weighted by Crippen LogP contribution is 2.02. The number of hydrogen-bond donors (Lipinski definition) is 2. The number of ether oxygens (including phenoxy) is 1. The van der Waals surface area contributed by atoms with Gasteiger partial charge in [-0.1, -0.05) is 25.2 Å². The van der Waals surface area contributed by atoms with Crippen molar-refractivity contribution in [3.63, 3.8) is 0 Å². The van der Waals surface area contributed by atoms with E-state index < -0.39 is 6.09 Å². The van der Waals surface area contributed by atoms with Crippen molar-refractivity contribution in [1.82, 2.24) is 5.32 Å². The number of carbonyl (C=O) groups is 1. The number of allylic oxidation sites excluding steroid dienone is 2. The fourth-order valence-electron chi connectivity index (χ4n) is 0.781. The summed E-state index contributed by atoms with van der Waals surface area (Å²) in [6, 6.07) is 0. The molecule has 0 fully saturated rings. The Bertz CT molecular complexity index is 224. The summed E-state index contributed by atoms with van der Waals surface area (Å²) in [4.78, 5) is 11.7. The largest absolute Gasteiger partial charge is 0.450 e. The first-order chi connectivity index (χ1) is 6.70. The summed E-state index contributed by atoms with van der Waals surface area (Å²) in [5.41, 5.74) is 0. The normalized spacial score (nSPS) is 11.8. The van der Waals surface area contributed by atoms with Gasteiger partial charge in [0.2, 0.25) is 0 Å². The van der Waals surface area contributed by atoms with Gasteiger partial charge < -0.3 is 10.1 Å². The van der Waals surface area contributed by atoms with E-state index in [2.05, 4.69) is 22.7 Å². The maximum absolute atomic E-state index is 10.8. The molecule has 0 atom stereocenters. The number of carbonyl (C=O) groups excluding carboxylic acids is 1. The molecule has 0 aromatic rings. The van der Waals surface area contributed by atoms with Crippen LogP contribution in [0, 0.1) is 0 Å². The Morgan fingerprint density at radius 2 is 2.21 bits per heavy atom. The molecule has 0 heterocycles. The lowest BCUT2D eigenvalue weighted by Gasteiger charge is -2.00. The fraction of sp³-hybridized carbons (Fsp3) is 0.500. The molecular formula is C10H17NO2S. The molecule has 3 nitrogen and oxygen atoms in total. The van der Waals surface area contributed by atoms with Gasteiger partial charge in [-0.05, 0) is 18.2 Å². The van der Waals surface area contributed by atoms with Crippen molar-refractivity contribution in [3.05, 3.63) is 23.1 Å². The summed E-state index contributed by atoms with van der Waals surface area (Å²) >= 11 is 4.21. The maximum Gasteiger partial charge on any atom is 0.407 e. The number of nitrogens with one attached hydrogen (secondary N) is 1. The topological polar surface area (TPSA) is 38.3 Å². The molecule has 0 unspecified atom stereocenters. The summed E-state index contributed by atoms with van der Waals surface area (Å²) in [6.45, 7) is 4.66. The first kappa shape index (κ1) is 13.1. The zero-order valence-electron chi connectivity index (χ0n) is 8.62. The standard InChI is InChI=1S/C10H17NO2S/c1-3-6-9(14)7-5-8-11-10(12)13-4-2/h5-7,14H,3-4,8H2,1-2H3,(H,11,12)/b7-5-,9-6+. The molecule has 0 rings (SSSR count). The molecule has 0 saturated carbocycles. The van der Waals surface area contributed by atoms with Crippen LogP contribution < -0.4 is 5.32 Å². The third-order valence-electron chi connectivity index (χ3n) is 1.34. The first-order valence-electron chi connectivity index (χ1n) is 4.67. The Morgan fingerprint density at radius 3 is 2.79 bits per heavy atom. The molecule has 0 aliphatic carbocycles. The summed E-state index contributed by atoms with van der Waals surface area (Å²) in [5, 5.41) is 2.57. The second-order valence-corrected chi connectivity index (χ2v) is 3.06. The van der Waals surface area contributed by atoms with E-state index in [1.807, 2.05) is 25.2 Å². The van der Waals surface area contributed by atoms with Crippen molar-refractivity contribution < 1.29 is 9.53 Å². The predicted octanol–water partition coefficient (Wildman–Crippen LogP) is 2.51. The average molecular weight is 215 g/mol. The van der Waals surface area contributed by atoms with Gasteiger partial charge in [0.1, 0.15) is 0 Å². The molecule has 4 heteroatoms. The van der Waals surface area contributed by atoms with Crippen LogP contribution in [0.2, 0.25) is 0 Å². The SMILES string of the molecule is CC/C=C(S)\C=C/CNC(=O)OCC. The van der Waals surface area contributed by atoms with Crippen molar-refractivity contribution in [3.8, 4) is 0 Å². The molecule has 1 amide bonds. The third kappa shape index (κ3) is 7.73. The maximum atomic E-state index is 10.8. The first-order valence-corrected chi connectivity index (χ1v) is 5.11. The lowest BCUT2D eigenvalue weighted by Crippen LogP contribution is -2.24. The van der Waals surface area contributed by atoms with Crippen LogP contribution in [0.1, 0.15) is 20.3 Å². The molecule has 0 aliphatic heterocycles. The monoisotopic (exact) mass is 215 g/mol. The van der Waals surface area contributed by atoms with Crippen LogP contribution in [0.4, 0.5) is 4.79 Å². The number of amides is 1. The van der Waals surface area contributed by atoms with Gasteiger partial charge in [-0.15, -0.1) is 12.6 Å². The molecule has 0 radical (unpaired) electrons. The number of thiol groups is 1. The minimum atomic E-state index is -0.391. The van der Waals surface area contributed by atoms with E-state index in [1.54, 1.807) is 6.92 Å². The van der Waals surface area contributed by atoms with E-state index in [0.29, 0.717) is 13.2 Å². The highest BCUT2D eigenvalue weighted by Gasteiger charge is 1.94. The minimum Gasteiger partial charge on any atom is -0.450 e. The van der Waals surface area contributed by atoms with Gasteiger partial charge in [0.15, 0.2) is 0 Å². The fourth-order valence-corrected chi connectivity index (χ4v) is 1.07. The van der Waals surface area contributed by atoms with Crippen molar-refractivity contribution in [2.45, 2.75) is 20.3 Å². The van der Waals surface area contributed by atoms with Gasteiger partial charge in [0.25, 0.3) is 0 Å². The quantitative estimate of drug-likeness (QED) is 0.546. The Balaban J connectivity index is 3.63. The number of alkyl carbamates (subject to hydrolysis) is 1. The molecule has 0 aliphatic rings. The van der Waals surface area contributed by atoms with E-state index in [0.717, 1.165) is 11.3 Å². The van der Waals surface area contributed by atoms with Gasteiger partial charge in [0.05, 0.1) is 6.61 Å². The van der Waals surface area contributed by atoms with Crippen molar-refractivity contribution in [2.24, 2.45) is 0 Å². The van der Waals surface area contributed by atoms with Gasteiger partial charge in [-0.2, -0.15) is 0 Å². The highest BCUT2D eigenvalue weighted by molar-refractivity contribution is 7.84. The molecule has 0 saturated heterocycles. The summed E-state index contributed by atoms with van der Waals surface area (Å²) in [7, 11) is 0. The van der Waals surface area contributed by atoms with Gasteiger partial charge >= 0.3 is 6.09 Å². The lowest BCUT2D eigenvalue weighted by molar-refractivity contribution is 0.153. The number of rotatable bonds is 5. The molecule has 0 spiro atoms. The highest BCUT2D eigenvalue weighted by atomic mass is 32.1. The minimum absolute atomic E-state index is 0.391. The van der Waals surface area contributed by atoms with E-state index >= 15 is 0 Å².